The number of nitriles is 1. The van der Waals surface area contributed by atoms with Crippen LogP contribution >= 0.6 is 0 Å². The van der Waals surface area contributed by atoms with Crippen LogP contribution in [0.4, 0.5) is 4.39 Å². The van der Waals surface area contributed by atoms with E-state index in [1.807, 2.05) is 4.90 Å². The number of aliphatic hydroxyl groups is 1. The monoisotopic (exact) mass is 206 g/mol. The molecule has 1 aliphatic heterocycles. The van der Waals surface area contributed by atoms with Crippen LogP contribution in [0.15, 0.2) is 24.3 Å². The highest BCUT2D eigenvalue weighted by Gasteiger charge is 2.31. The Bertz CT molecular complexity index is 396. The fraction of sp³-hybridized carbons (Fsp3) is 0.364. The SMILES string of the molecule is N#CC(c1cccc(F)c1)N1CC(O)C1. The minimum Gasteiger partial charge on any atom is -0.390 e. The Morgan fingerprint density at radius 2 is 2.27 bits per heavy atom. The molecule has 0 aromatic heterocycles. The van der Waals surface area contributed by atoms with E-state index in [-0.39, 0.29) is 11.9 Å². The molecule has 1 fully saturated rings. The van der Waals surface area contributed by atoms with Crippen molar-refractivity contribution in [2.75, 3.05) is 13.1 Å². The Morgan fingerprint density at radius 1 is 1.53 bits per heavy atom. The Hall–Kier alpha value is -1.44. The van der Waals surface area contributed by atoms with Gasteiger partial charge in [-0.05, 0) is 17.7 Å². The molecule has 0 radical (unpaired) electrons. The first-order chi connectivity index (χ1) is 7.20. The summed E-state index contributed by atoms with van der Waals surface area (Å²) in [6, 6.07) is 7.68. The average Bonchev–Trinajstić information content (AvgIpc) is 2.16. The third-order valence-electron chi connectivity index (χ3n) is 2.54. The molecule has 2 rings (SSSR count). The van der Waals surface area contributed by atoms with Gasteiger partial charge in [-0.1, -0.05) is 12.1 Å². The maximum atomic E-state index is 12.9. The molecule has 0 aliphatic carbocycles. The largest absolute Gasteiger partial charge is 0.390 e. The number of hydrogen-bond donors (Lipinski definition) is 1. The summed E-state index contributed by atoms with van der Waals surface area (Å²) in [4.78, 5) is 1.82. The fourth-order valence-electron chi connectivity index (χ4n) is 1.74. The van der Waals surface area contributed by atoms with Crippen LogP contribution in [-0.4, -0.2) is 29.2 Å². The van der Waals surface area contributed by atoms with Crippen LogP contribution in [0, 0.1) is 17.1 Å². The highest BCUT2D eigenvalue weighted by atomic mass is 19.1. The maximum absolute atomic E-state index is 12.9. The van der Waals surface area contributed by atoms with Crippen LogP contribution in [0.3, 0.4) is 0 Å². The molecule has 1 saturated heterocycles. The number of β-amino-alcohol motifs (C(OH)–C–C–N with tert-alkyl or cyclic N) is 1. The van der Waals surface area contributed by atoms with Gasteiger partial charge in [-0.15, -0.1) is 0 Å². The molecule has 0 bridgehead atoms. The standard InChI is InChI=1S/C11H11FN2O/c12-9-3-1-2-8(4-9)11(5-13)14-6-10(15)7-14/h1-4,10-11,15H,6-7H2. The number of rotatable bonds is 2. The smallest absolute Gasteiger partial charge is 0.124 e. The molecule has 0 amide bonds. The molecule has 0 saturated carbocycles. The second kappa shape index (κ2) is 3.97. The van der Waals surface area contributed by atoms with Gasteiger partial charge in [-0.2, -0.15) is 5.26 Å². The average molecular weight is 206 g/mol. The lowest BCUT2D eigenvalue weighted by Gasteiger charge is -2.38. The van der Waals surface area contributed by atoms with Crippen molar-refractivity contribution >= 4 is 0 Å². The molecule has 78 valence electrons. The van der Waals surface area contributed by atoms with E-state index in [4.69, 9.17) is 10.4 Å². The number of aliphatic hydroxyl groups excluding tert-OH is 1. The molecule has 4 heteroatoms. The first kappa shape index (κ1) is 10.1. The fourth-order valence-corrected chi connectivity index (χ4v) is 1.74. The number of benzene rings is 1. The van der Waals surface area contributed by atoms with Gasteiger partial charge in [0, 0.05) is 13.1 Å². The number of hydrogen-bond acceptors (Lipinski definition) is 3. The molecular weight excluding hydrogens is 195 g/mol. The Morgan fingerprint density at radius 3 is 2.80 bits per heavy atom. The number of likely N-dealkylation sites (tertiary alicyclic amines) is 1. The second-order valence-electron chi connectivity index (χ2n) is 3.69. The third-order valence-corrected chi connectivity index (χ3v) is 2.54. The lowest BCUT2D eigenvalue weighted by molar-refractivity contribution is -0.0127. The molecule has 1 atom stereocenters. The van der Waals surface area contributed by atoms with E-state index in [2.05, 4.69) is 6.07 Å². The van der Waals surface area contributed by atoms with E-state index in [0.717, 1.165) is 0 Å². The van der Waals surface area contributed by atoms with Gasteiger partial charge in [0.15, 0.2) is 0 Å². The Labute approximate surface area is 87.4 Å². The zero-order valence-electron chi connectivity index (χ0n) is 8.10. The minimum atomic E-state index is -0.455. The zero-order chi connectivity index (χ0) is 10.8. The van der Waals surface area contributed by atoms with Crippen LogP contribution in [-0.2, 0) is 0 Å². The van der Waals surface area contributed by atoms with E-state index in [1.165, 1.54) is 12.1 Å². The predicted molar refractivity (Wildman–Crippen MR) is 52.3 cm³/mol. The van der Waals surface area contributed by atoms with Gasteiger partial charge in [-0.25, -0.2) is 4.39 Å². The Balaban J connectivity index is 2.17. The number of nitrogens with zero attached hydrogens (tertiary/aromatic N) is 2. The molecule has 1 aromatic rings. The van der Waals surface area contributed by atoms with Gasteiger partial charge in [0.2, 0.25) is 0 Å². The van der Waals surface area contributed by atoms with E-state index in [9.17, 15) is 4.39 Å². The molecule has 15 heavy (non-hydrogen) atoms. The van der Waals surface area contributed by atoms with Crippen molar-refractivity contribution in [3.63, 3.8) is 0 Å². The van der Waals surface area contributed by atoms with E-state index >= 15 is 0 Å². The number of halogens is 1. The maximum Gasteiger partial charge on any atom is 0.124 e. The first-order valence-electron chi connectivity index (χ1n) is 4.78. The van der Waals surface area contributed by atoms with Crippen molar-refractivity contribution in [2.45, 2.75) is 12.1 Å². The summed E-state index contributed by atoms with van der Waals surface area (Å²) in [6.07, 6.45) is -0.352. The lowest BCUT2D eigenvalue weighted by atomic mass is 10.0. The third kappa shape index (κ3) is 1.99. The van der Waals surface area contributed by atoms with Crippen molar-refractivity contribution in [3.8, 4) is 6.07 Å². The quantitative estimate of drug-likeness (QED) is 0.787. The van der Waals surface area contributed by atoms with Crippen molar-refractivity contribution in [1.82, 2.24) is 4.90 Å². The molecule has 1 heterocycles. The van der Waals surface area contributed by atoms with E-state index in [1.54, 1.807) is 12.1 Å². The summed E-state index contributed by atoms with van der Waals surface area (Å²) in [6.45, 7) is 0.962. The summed E-state index contributed by atoms with van der Waals surface area (Å²) >= 11 is 0. The molecular formula is C11H11FN2O. The van der Waals surface area contributed by atoms with Crippen LogP contribution in [0.2, 0.25) is 0 Å². The molecule has 3 nitrogen and oxygen atoms in total. The summed E-state index contributed by atoms with van der Waals surface area (Å²) in [7, 11) is 0. The summed E-state index contributed by atoms with van der Waals surface area (Å²) in [5, 5.41) is 18.1. The summed E-state index contributed by atoms with van der Waals surface area (Å²) in [5.74, 6) is -0.339. The van der Waals surface area contributed by atoms with Crippen LogP contribution in [0.5, 0.6) is 0 Å². The summed E-state index contributed by atoms with van der Waals surface area (Å²) < 4.78 is 12.9. The molecule has 1 aromatic carbocycles. The van der Waals surface area contributed by atoms with Gasteiger partial charge >= 0.3 is 0 Å². The first-order valence-corrected chi connectivity index (χ1v) is 4.78. The molecule has 1 unspecified atom stereocenters. The van der Waals surface area contributed by atoms with Crippen molar-refractivity contribution in [3.05, 3.63) is 35.6 Å². The van der Waals surface area contributed by atoms with Crippen molar-refractivity contribution < 1.29 is 9.50 Å². The highest BCUT2D eigenvalue weighted by Crippen LogP contribution is 2.25. The van der Waals surface area contributed by atoms with Gasteiger partial charge in [0.1, 0.15) is 11.9 Å². The van der Waals surface area contributed by atoms with Crippen LogP contribution < -0.4 is 0 Å². The van der Waals surface area contributed by atoms with Crippen molar-refractivity contribution in [1.29, 1.82) is 5.26 Å². The predicted octanol–water partition coefficient (Wildman–Crippen LogP) is 1.07. The van der Waals surface area contributed by atoms with Gasteiger partial charge in [0.05, 0.1) is 12.2 Å². The minimum absolute atomic E-state index is 0.339. The topological polar surface area (TPSA) is 47.3 Å². The van der Waals surface area contributed by atoms with Crippen LogP contribution in [0.25, 0.3) is 0 Å². The normalized spacial score (nSPS) is 19.3. The second-order valence-corrected chi connectivity index (χ2v) is 3.69. The van der Waals surface area contributed by atoms with Gasteiger partial charge in [-0.3, -0.25) is 4.90 Å². The highest BCUT2D eigenvalue weighted by molar-refractivity contribution is 5.25. The molecule has 1 aliphatic rings. The lowest BCUT2D eigenvalue weighted by Crippen LogP contribution is -2.51. The molecule has 1 N–H and O–H groups in total. The van der Waals surface area contributed by atoms with E-state index in [0.29, 0.717) is 18.7 Å². The summed E-state index contributed by atoms with van der Waals surface area (Å²) in [5.41, 5.74) is 0.643. The molecule has 0 spiro atoms. The Kier molecular flexibility index (Phi) is 2.67. The van der Waals surface area contributed by atoms with E-state index < -0.39 is 6.04 Å². The van der Waals surface area contributed by atoms with Gasteiger partial charge < -0.3 is 5.11 Å². The van der Waals surface area contributed by atoms with Crippen LogP contribution in [0.1, 0.15) is 11.6 Å². The van der Waals surface area contributed by atoms with Gasteiger partial charge in [0.25, 0.3) is 0 Å². The van der Waals surface area contributed by atoms with Crippen molar-refractivity contribution in [2.24, 2.45) is 0 Å². The zero-order valence-corrected chi connectivity index (χ0v) is 8.10.